The van der Waals surface area contributed by atoms with E-state index in [-0.39, 0.29) is 0 Å². The van der Waals surface area contributed by atoms with Crippen LogP contribution in [0.3, 0.4) is 0 Å². The molecule has 1 aliphatic carbocycles. The Balaban J connectivity index is 1.10. The lowest BCUT2D eigenvalue weighted by Crippen LogP contribution is -2.11. The van der Waals surface area contributed by atoms with Crippen LogP contribution in [0.15, 0.2) is 176 Å². The normalized spacial score (nSPS) is 14.2. The highest BCUT2D eigenvalue weighted by Gasteiger charge is 2.23. The summed E-state index contributed by atoms with van der Waals surface area (Å²) in [5, 5.41) is 7.84. The average Bonchev–Trinajstić information content (AvgIpc) is 3.56. The van der Waals surface area contributed by atoms with Gasteiger partial charge in [-0.25, -0.2) is 0 Å². The van der Waals surface area contributed by atoms with Crippen LogP contribution < -0.4 is 4.90 Å². The van der Waals surface area contributed by atoms with Crippen LogP contribution in [0, 0.1) is 0 Å². The molecular formula is C49H35NS. The van der Waals surface area contributed by atoms with Crippen molar-refractivity contribution >= 4 is 75.7 Å². The van der Waals surface area contributed by atoms with E-state index in [1.165, 1.54) is 75.1 Å². The minimum atomic E-state index is 0.476. The van der Waals surface area contributed by atoms with Gasteiger partial charge < -0.3 is 4.90 Å². The van der Waals surface area contributed by atoms with Crippen molar-refractivity contribution in [2.75, 3.05) is 4.90 Å². The van der Waals surface area contributed by atoms with E-state index >= 15 is 0 Å². The molecule has 0 N–H and O–H groups in total. The van der Waals surface area contributed by atoms with E-state index in [4.69, 9.17) is 0 Å². The number of thiophene rings is 1. The van der Waals surface area contributed by atoms with Gasteiger partial charge in [-0.05, 0) is 116 Å². The molecule has 0 radical (unpaired) electrons. The van der Waals surface area contributed by atoms with Gasteiger partial charge in [0, 0.05) is 37.2 Å². The molecule has 0 spiro atoms. The van der Waals surface area contributed by atoms with E-state index in [2.05, 4.69) is 188 Å². The number of anilines is 3. The SMILES string of the molecule is CC1CC=C(c2cccc(N(c3ccc(-c4ccc5ccccc5c4)cc3)c3ccc4c(c3)sc3ccccc34)c2)c2ccc3ccccc3c21. The highest BCUT2D eigenvalue weighted by atomic mass is 32.1. The monoisotopic (exact) mass is 669 g/mol. The Hall–Kier alpha value is -5.96. The topological polar surface area (TPSA) is 3.24 Å². The van der Waals surface area contributed by atoms with Crippen molar-refractivity contribution in [2.24, 2.45) is 0 Å². The number of rotatable bonds is 5. The zero-order valence-electron chi connectivity index (χ0n) is 28.4. The number of nitrogens with zero attached hydrogens (tertiary/aromatic N) is 1. The van der Waals surface area contributed by atoms with E-state index in [9.17, 15) is 0 Å². The second-order valence-corrected chi connectivity index (χ2v) is 14.9. The van der Waals surface area contributed by atoms with E-state index in [1.54, 1.807) is 0 Å². The maximum Gasteiger partial charge on any atom is 0.0476 e. The van der Waals surface area contributed by atoms with Crippen LogP contribution in [-0.4, -0.2) is 0 Å². The van der Waals surface area contributed by atoms with Crippen molar-refractivity contribution in [1.29, 1.82) is 0 Å². The summed E-state index contributed by atoms with van der Waals surface area (Å²) < 4.78 is 2.62. The molecule has 51 heavy (non-hydrogen) atoms. The molecule has 1 aromatic heterocycles. The molecule has 2 heteroatoms. The molecule has 0 saturated heterocycles. The van der Waals surface area contributed by atoms with Gasteiger partial charge in [0.05, 0.1) is 0 Å². The first-order valence-corrected chi connectivity index (χ1v) is 18.6. The molecule has 1 heterocycles. The molecule has 9 aromatic rings. The summed E-state index contributed by atoms with van der Waals surface area (Å²) in [6, 6.07) is 62.7. The molecule has 0 saturated carbocycles. The smallest absolute Gasteiger partial charge is 0.0476 e. The summed E-state index contributed by atoms with van der Waals surface area (Å²) in [6.45, 7) is 2.36. The fraction of sp³-hybridized carbons (Fsp3) is 0.0612. The second-order valence-electron chi connectivity index (χ2n) is 13.8. The van der Waals surface area contributed by atoms with Crippen LogP contribution in [0.2, 0.25) is 0 Å². The number of hydrogen-bond acceptors (Lipinski definition) is 2. The number of allylic oxidation sites excluding steroid dienone is 1. The summed E-state index contributed by atoms with van der Waals surface area (Å²) in [6.07, 6.45) is 3.48. The van der Waals surface area contributed by atoms with Gasteiger partial charge in [0.15, 0.2) is 0 Å². The maximum atomic E-state index is 2.45. The van der Waals surface area contributed by atoms with Gasteiger partial charge >= 0.3 is 0 Å². The molecule has 1 unspecified atom stereocenters. The van der Waals surface area contributed by atoms with Crippen LogP contribution in [0.5, 0.6) is 0 Å². The standard InChI is InChI=1S/C49H35NS/c1-32-17-26-42(46-27-22-35-10-4-5-14-43(35)49(32)46)38-12-8-13-40(30-38)50(41-25-28-45-44-15-6-7-16-47(44)51-48(45)31-41)39-23-20-34(21-24-39)37-19-18-33-9-2-3-11-36(33)29-37/h2-16,18-32H,17H2,1H3. The largest absolute Gasteiger partial charge is 0.310 e. The number of hydrogen-bond donors (Lipinski definition) is 0. The van der Waals surface area contributed by atoms with Crippen molar-refractivity contribution in [2.45, 2.75) is 19.3 Å². The van der Waals surface area contributed by atoms with Crippen molar-refractivity contribution in [3.05, 3.63) is 193 Å². The highest BCUT2D eigenvalue weighted by molar-refractivity contribution is 7.25. The molecule has 1 atom stereocenters. The number of benzene rings is 8. The fourth-order valence-corrected chi connectivity index (χ4v) is 9.28. The van der Waals surface area contributed by atoms with Gasteiger partial charge in [-0.15, -0.1) is 11.3 Å². The molecule has 0 amide bonds. The van der Waals surface area contributed by atoms with Gasteiger partial charge in [0.1, 0.15) is 0 Å². The molecule has 0 aliphatic heterocycles. The van der Waals surface area contributed by atoms with Crippen LogP contribution in [0.4, 0.5) is 17.1 Å². The van der Waals surface area contributed by atoms with Gasteiger partial charge in [-0.3, -0.25) is 0 Å². The molecule has 1 aliphatic rings. The lowest BCUT2D eigenvalue weighted by Gasteiger charge is -2.28. The predicted octanol–water partition coefficient (Wildman–Crippen LogP) is 14.4. The van der Waals surface area contributed by atoms with Crippen molar-refractivity contribution in [3.8, 4) is 11.1 Å². The first-order valence-electron chi connectivity index (χ1n) is 17.8. The summed E-state index contributed by atoms with van der Waals surface area (Å²) in [5.74, 6) is 0.476. The van der Waals surface area contributed by atoms with Crippen LogP contribution in [0.1, 0.15) is 36.0 Å². The van der Waals surface area contributed by atoms with Crippen LogP contribution >= 0.6 is 11.3 Å². The molecule has 1 nitrogen and oxygen atoms in total. The van der Waals surface area contributed by atoms with E-state index in [0.29, 0.717) is 5.92 Å². The summed E-state index contributed by atoms with van der Waals surface area (Å²) in [7, 11) is 0. The molecule has 242 valence electrons. The summed E-state index contributed by atoms with van der Waals surface area (Å²) in [5.41, 5.74) is 11.3. The third kappa shape index (κ3) is 5.14. The molecular weight excluding hydrogens is 635 g/mol. The minimum absolute atomic E-state index is 0.476. The molecule has 0 fully saturated rings. The van der Waals surface area contributed by atoms with Gasteiger partial charge in [0.2, 0.25) is 0 Å². The van der Waals surface area contributed by atoms with Crippen molar-refractivity contribution in [3.63, 3.8) is 0 Å². The van der Waals surface area contributed by atoms with Gasteiger partial charge in [-0.1, -0.05) is 134 Å². The van der Waals surface area contributed by atoms with Crippen LogP contribution in [-0.2, 0) is 0 Å². The third-order valence-corrected chi connectivity index (χ3v) is 11.8. The highest BCUT2D eigenvalue weighted by Crippen LogP contribution is 2.45. The summed E-state index contributed by atoms with van der Waals surface area (Å²) in [4.78, 5) is 2.42. The van der Waals surface area contributed by atoms with Crippen LogP contribution in [0.25, 0.3) is 58.4 Å². The fourth-order valence-electron chi connectivity index (χ4n) is 8.14. The second kappa shape index (κ2) is 12.1. The Kier molecular flexibility index (Phi) is 7.11. The Morgan fingerprint density at radius 3 is 2.04 bits per heavy atom. The van der Waals surface area contributed by atoms with Gasteiger partial charge in [0.25, 0.3) is 0 Å². The predicted molar refractivity (Wildman–Crippen MR) is 221 cm³/mol. The Labute approximate surface area is 302 Å². The zero-order chi connectivity index (χ0) is 33.9. The van der Waals surface area contributed by atoms with E-state index in [1.807, 2.05) is 11.3 Å². The molecule has 0 bridgehead atoms. The Morgan fingerprint density at radius 1 is 0.471 bits per heavy atom. The first-order chi connectivity index (χ1) is 25.2. The van der Waals surface area contributed by atoms with Crippen molar-refractivity contribution < 1.29 is 0 Å². The Morgan fingerprint density at radius 2 is 1.16 bits per heavy atom. The lowest BCUT2D eigenvalue weighted by molar-refractivity contribution is 0.776. The minimum Gasteiger partial charge on any atom is -0.310 e. The zero-order valence-corrected chi connectivity index (χ0v) is 29.2. The Bertz CT molecular complexity index is 2800. The summed E-state index contributed by atoms with van der Waals surface area (Å²) >= 11 is 1.87. The van der Waals surface area contributed by atoms with Crippen molar-refractivity contribution in [1.82, 2.24) is 0 Å². The maximum absolute atomic E-state index is 2.45. The lowest BCUT2D eigenvalue weighted by atomic mass is 9.79. The quantitative estimate of drug-likeness (QED) is 0.176. The average molecular weight is 670 g/mol. The number of fused-ring (bicyclic) bond motifs is 7. The molecule has 8 aromatic carbocycles. The van der Waals surface area contributed by atoms with E-state index in [0.717, 1.165) is 23.5 Å². The third-order valence-electron chi connectivity index (χ3n) is 10.7. The van der Waals surface area contributed by atoms with E-state index < -0.39 is 0 Å². The molecule has 10 rings (SSSR count). The first kappa shape index (κ1) is 29.9. The van der Waals surface area contributed by atoms with Gasteiger partial charge in [-0.2, -0.15) is 0 Å².